The first-order chi connectivity index (χ1) is 8.59. The highest BCUT2D eigenvalue weighted by atomic mass is 32.2. The summed E-state index contributed by atoms with van der Waals surface area (Å²) in [6.07, 6.45) is 5.36. The van der Waals surface area contributed by atoms with Gasteiger partial charge in [-0.1, -0.05) is 38.5 Å². The van der Waals surface area contributed by atoms with E-state index < -0.39 is 5.97 Å². The van der Waals surface area contributed by atoms with Crippen LogP contribution < -0.4 is 0 Å². The predicted molar refractivity (Wildman–Crippen MR) is 69.6 cm³/mol. The number of rotatable bonds is 4. The van der Waals surface area contributed by atoms with Crippen molar-refractivity contribution in [2.75, 3.05) is 5.75 Å². The van der Waals surface area contributed by atoms with Crippen LogP contribution >= 0.6 is 11.8 Å². The summed E-state index contributed by atoms with van der Waals surface area (Å²) in [5.74, 6) is 0.497. The summed E-state index contributed by atoms with van der Waals surface area (Å²) < 4.78 is 2.06. The van der Waals surface area contributed by atoms with Gasteiger partial charge < -0.3 is 9.67 Å². The van der Waals surface area contributed by atoms with Gasteiger partial charge in [-0.05, 0) is 18.3 Å². The topological polar surface area (TPSA) is 68.0 Å². The second-order valence-corrected chi connectivity index (χ2v) is 5.98. The maximum atomic E-state index is 10.6. The fourth-order valence-electron chi connectivity index (χ4n) is 2.64. The maximum absolute atomic E-state index is 10.6. The first kappa shape index (κ1) is 13.4. The molecule has 1 aromatic heterocycles. The molecule has 18 heavy (non-hydrogen) atoms. The number of hydrogen-bond acceptors (Lipinski definition) is 4. The molecular formula is C12H19N3O2S. The summed E-state index contributed by atoms with van der Waals surface area (Å²) in [5.41, 5.74) is 0. The Morgan fingerprint density at radius 3 is 3.06 bits per heavy atom. The molecule has 1 saturated carbocycles. The third-order valence-electron chi connectivity index (χ3n) is 3.89. The number of thioether (sulfide) groups is 1. The molecule has 0 aromatic carbocycles. The lowest BCUT2D eigenvalue weighted by molar-refractivity contribution is -0.133. The fourth-order valence-corrected chi connectivity index (χ4v) is 3.32. The van der Waals surface area contributed by atoms with Gasteiger partial charge in [0.15, 0.2) is 5.16 Å². The molecule has 5 nitrogen and oxygen atoms in total. The van der Waals surface area contributed by atoms with Crippen LogP contribution in [0.4, 0.5) is 0 Å². The van der Waals surface area contributed by atoms with Crippen LogP contribution in [0.2, 0.25) is 0 Å². The Labute approximate surface area is 111 Å². The van der Waals surface area contributed by atoms with E-state index in [1.807, 2.05) is 0 Å². The van der Waals surface area contributed by atoms with E-state index in [0.717, 1.165) is 11.6 Å². The van der Waals surface area contributed by atoms with Crippen LogP contribution in [0.25, 0.3) is 0 Å². The zero-order chi connectivity index (χ0) is 13.1. The summed E-state index contributed by atoms with van der Waals surface area (Å²) in [4.78, 5) is 10.6. The number of carbonyl (C=O) groups is 1. The Morgan fingerprint density at radius 2 is 2.33 bits per heavy atom. The minimum Gasteiger partial charge on any atom is -0.481 e. The highest BCUT2D eigenvalue weighted by Gasteiger charge is 2.29. The van der Waals surface area contributed by atoms with Gasteiger partial charge in [0.1, 0.15) is 6.33 Å². The van der Waals surface area contributed by atoms with Crippen molar-refractivity contribution in [3.63, 3.8) is 0 Å². The van der Waals surface area contributed by atoms with Crippen LogP contribution in [0.5, 0.6) is 0 Å². The van der Waals surface area contributed by atoms with E-state index in [1.54, 1.807) is 6.33 Å². The summed E-state index contributed by atoms with van der Waals surface area (Å²) in [6.45, 7) is 4.55. The SMILES string of the molecule is CC1CCCC(n2cnnc2SCC(=O)O)C1C. The average Bonchev–Trinajstić information content (AvgIpc) is 2.78. The van der Waals surface area contributed by atoms with E-state index in [0.29, 0.717) is 17.9 Å². The molecule has 0 saturated heterocycles. The minimum atomic E-state index is -0.820. The molecule has 3 unspecified atom stereocenters. The summed E-state index contributed by atoms with van der Waals surface area (Å²) in [6, 6.07) is 0.403. The van der Waals surface area contributed by atoms with Crippen molar-refractivity contribution in [3.05, 3.63) is 6.33 Å². The molecule has 2 rings (SSSR count). The molecule has 3 atom stereocenters. The van der Waals surface area contributed by atoms with Crippen molar-refractivity contribution in [3.8, 4) is 0 Å². The van der Waals surface area contributed by atoms with Gasteiger partial charge in [-0.2, -0.15) is 0 Å². The fraction of sp³-hybridized carbons (Fsp3) is 0.750. The Bertz CT molecular complexity index is 421. The van der Waals surface area contributed by atoms with Crippen LogP contribution in [0.15, 0.2) is 11.5 Å². The lowest BCUT2D eigenvalue weighted by Crippen LogP contribution is -2.27. The van der Waals surface area contributed by atoms with Gasteiger partial charge in [0, 0.05) is 6.04 Å². The van der Waals surface area contributed by atoms with Gasteiger partial charge in [0.2, 0.25) is 0 Å². The van der Waals surface area contributed by atoms with Gasteiger partial charge in [0.25, 0.3) is 0 Å². The standard InChI is InChI=1S/C12H19N3O2S/c1-8-4-3-5-10(9(8)2)15-7-13-14-12(15)18-6-11(16)17/h7-10H,3-6H2,1-2H3,(H,16,17). The first-order valence-corrected chi connectivity index (χ1v) is 7.32. The van der Waals surface area contributed by atoms with Gasteiger partial charge >= 0.3 is 5.97 Å². The number of hydrogen-bond donors (Lipinski definition) is 1. The zero-order valence-electron chi connectivity index (χ0n) is 10.7. The number of nitrogens with zero attached hydrogens (tertiary/aromatic N) is 3. The van der Waals surface area contributed by atoms with Crippen molar-refractivity contribution in [2.24, 2.45) is 11.8 Å². The molecule has 1 heterocycles. The first-order valence-electron chi connectivity index (χ1n) is 6.33. The second-order valence-electron chi connectivity index (χ2n) is 5.04. The molecule has 1 fully saturated rings. The number of aromatic nitrogens is 3. The quantitative estimate of drug-likeness (QED) is 0.850. The second kappa shape index (κ2) is 5.73. The predicted octanol–water partition coefficient (Wildman–Crippen LogP) is 2.45. The minimum absolute atomic E-state index is 0.0371. The number of carboxylic acids is 1. The summed E-state index contributed by atoms with van der Waals surface area (Å²) in [5, 5.41) is 17.4. The van der Waals surface area contributed by atoms with E-state index in [-0.39, 0.29) is 5.75 Å². The lowest BCUT2D eigenvalue weighted by atomic mass is 9.78. The molecule has 1 aliphatic carbocycles. The molecular weight excluding hydrogens is 250 g/mol. The number of carboxylic acid groups (broad SMARTS) is 1. The van der Waals surface area contributed by atoms with E-state index in [1.165, 1.54) is 24.6 Å². The smallest absolute Gasteiger partial charge is 0.313 e. The van der Waals surface area contributed by atoms with E-state index in [4.69, 9.17) is 5.11 Å². The van der Waals surface area contributed by atoms with Crippen molar-refractivity contribution >= 4 is 17.7 Å². The number of aliphatic carboxylic acids is 1. The van der Waals surface area contributed by atoms with E-state index >= 15 is 0 Å². The van der Waals surface area contributed by atoms with E-state index in [9.17, 15) is 4.79 Å². The molecule has 1 N–H and O–H groups in total. The zero-order valence-corrected chi connectivity index (χ0v) is 11.6. The van der Waals surface area contributed by atoms with Crippen molar-refractivity contribution < 1.29 is 9.90 Å². The van der Waals surface area contributed by atoms with Gasteiger partial charge in [-0.15, -0.1) is 10.2 Å². The molecule has 1 aliphatic rings. The van der Waals surface area contributed by atoms with Crippen LogP contribution in [0.1, 0.15) is 39.2 Å². The molecule has 0 amide bonds. The highest BCUT2D eigenvalue weighted by Crippen LogP contribution is 2.38. The molecule has 6 heteroatoms. The summed E-state index contributed by atoms with van der Waals surface area (Å²) in [7, 11) is 0. The van der Waals surface area contributed by atoms with Gasteiger partial charge in [-0.25, -0.2) is 0 Å². The molecule has 0 radical (unpaired) electrons. The largest absolute Gasteiger partial charge is 0.481 e. The molecule has 0 spiro atoms. The van der Waals surface area contributed by atoms with Crippen molar-refractivity contribution in [1.82, 2.24) is 14.8 Å². The maximum Gasteiger partial charge on any atom is 0.313 e. The molecule has 100 valence electrons. The Morgan fingerprint density at radius 1 is 1.56 bits per heavy atom. The summed E-state index contributed by atoms with van der Waals surface area (Å²) >= 11 is 1.25. The monoisotopic (exact) mass is 269 g/mol. The van der Waals surface area contributed by atoms with Crippen LogP contribution in [-0.2, 0) is 4.79 Å². The third-order valence-corrected chi connectivity index (χ3v) is 4.83. The van der Waals surface area contributed by atoms with Crippen LogP contribution in [0, 0.1) is 11.8 Å². The van der Waals surface area contributed by atoms with Crippen LogP contribution in [-0.4, -0.2) is 31.6 Å². The lowest BCUT2D eigenvalue weighted by Gasteiger charge is -2.35. The van der Waals surface area contributed by atoms with Crippen molar-refractivity contribution in [2.45, 2.75) is 44.3 Å². The Balaban J connectivity index is 2.12. The van der Waals surface area contributed by atoms with Crippen molar-refractivity contribution in [1.29, 1.82) is 0 Å². The Kier molecular flexibility index (Phi) is 4.27. The van der Waals surface area contributed by atoms with Gasteiger partial charge in [0.05, 0.1) is 5.75 Å². The highest BCUT2D eigenvalue weighted by molar-refractivity contribution is 7.99. The molecule has 1 aromatic rings. The average molecular weight is 269 g/mol. The molecule has 0 bridgehead atoms. The van der Waals surface area contributed by atoms with Crippen LogP contribution in [0.3, 0.4) is 0 Å². The van der Waals surface area contributed by atoms with E-state index in [2.05, 4.69) is 28.6 Å². The van der Waals surface area contributed by atoms with Gasteiger partial charge in [-0.3, -0.25) is 4.79 Å². The Hall–Kier alpha value is -1.04. The molecule has 0 aliphatic heterocycles. The third kappa shape index (κ3) is 2.85. The normalized spacial score (nSPS) is 28.2.